The monoisotopic (exact) mass is 334 g/mol. The predicted octanol–water partition coefficient (Wildman–Crippen LogP) is 4.56. The zero-order chi connectivity index (χ0) is 18.4. The molecule has 4 heteroatoms. The lowest BCUT2D eigenvalue weighted by atomic mass is 9.98. The lowest BCUT2D eigenvalue weighted by Crippen LogP contribution is -2.13. The fourth-order valence-electron chi connectivity index (χ4n) is 2.74. The Morgan fingerprint density at radius 1 is 1.20 bits per heavy atom. The topological polar surface area (TPSA) is 62.1 Å². The van der Waals surface area contributed by atoms with E-state index in [1.54, 1.807) is 24.3 Å². The van der Waals surface area contributed by atoms with Crippen LogP contribution in [0.25, 0.3) is 6.08 Å². The van der Waals surface area contributed by atoms with Crippen molar-refractivity contribution in [2.75, 3.05) is 11.9 Å². The van der Waals surface area contributed by atoms with E-state index < -0.39 is 5.91 Å². The largest absolute Gasteiger partial charge is 0.494 e. The second-order valence-corrected chi connectivity index (χ2v) is 5.90. The van der Waals surface area contributed by atoms with Gasteiger partial charge < -0.3 is 10.1 Å². The zero-order valence-electron chi connectivity index (χ0n) is 15.0. The number of hydrogen-bond donors (Lipinski definition) is 1. The lowest BCUT2D eigenvalue weighted by Gasteiger charge is -2.09. The van der Waals surface area contributed by atoms with E-state index in [-0.39, 0.29) is 5.57 Å². The average molecular weight is 334 g/mol. The van der Waals surface area contributed by atoms with Crippen LogP contribution in [0, 0.1) is 32.1 Å². The van der Waals surface area contributed by atoms with Gasteiger partial charge in [-0.2, -0.15) is 5.26 Å². The minimum atomic E-state index is -0.435. The molecule has 0 radical (unpaired) electrons. The fourth-order valence-corrected chi connectivity index (χ4v) is 2.74. The summed E-state index contributed by atoms with van der Waals surface area (Å²) in [6, 6.07) is 13.2. The summed E-state index contributed by atoms with van der Waals surface area (Å²) in [5.74, 6) is 0.239. The molecule has 0 saturated heterocycles. The number of amides is 1. The van der Waals surface area contributed by atoms with Gasteiger partial charge >= 0.3 is 0 Å². The fraction of sp³-hybridized carbons (Fsp3) is 0.238. The Bertz CT molecular complexity index is 837. The summed E-state index contributed by atoms with van der Waals surface area (Å²) >= 11 is 0. The third-order valence-electron chi connectivity index (χ3n) is 3.79. The normalized spacial score (nSPS) is 10.9. The van der Waals surface area contributed by atoms with Crippen LogP contribution in [0.1, 0.15) is 29.2 Å². The van der Waals surface area contributed by atoms with E-state index in [1.807, 2.05) is 52.0 Å². The second-order valence-electron chi connectivity index (χ2n) is 5.90. The predicted molar refractivity (Wildman–Crippen MR) is 100 cm³/mol. The van der Waals surface area contributed by atoms with Crippen LogP contribution in [0.15, 0.2) is 42.0 Å². The summed E-state index contributed by atoms with van der Waals surface area (Å²) in [4.78, 5) is 12.5. The summed E-state index contributed by atoms with van der Waals surface area (Å²) < 4.78 is 5.42. The van der Waals surface area contributed by atoms with Gasteiger partial charge in [0, 0.05) is 11.8 Å². The number of nitrogens with one attached hydrogen (secondary N) is 1. The van der Waals surface area contributed by atoms with Crippen molar-refractivity contribution in [1.82, 2.24) is 0 Å². The van der Waals surface area contributed by atoms with Gasteiger partial charge in [-0.15, -0.1) is 0 Å². The molecule has 0 aliphatic rings. The molecule has 0 heterocycles. The first-order chi connectivity index (χ1) is 11.9. The molecule has 1 amide bonds. The molecule has 0 fully saturated rings. The average Bonchev–Trinajstić information content (AvgIpc) is 2.54. The van der Waals surface area contributed by atoms with Crippen molar-refractivity contribution in [1.29, 1.82) is 5.26 Å². The molecule has 2 aromatic carbocycles. The van der Waals surface area contributed by atoms with Gasteiger partial charge in [0.2, 0.25) is 0 Å². The molecule has 0 bridgehead atoms. The Balaban J connectivity index is 2.28. The molecule has 2 rings (SSSR count). The highest BCUT2D eigenvalue weighted by atomic mass is 16.5. The molecular formula is C21H22N2O2. The van der Waals surface area contributed by atoms with E-state index in [0.717, 1.165) is 22.3 Å². The van der Waals surface area contributed by atoms with Crippen molar-refractivity contribution >= 4 is 17.7 Å². The maximum Gasteiger partial charge on any atom is 0.266 e. The summed E-state index contributed by atoms with van der Waals surface area (Å²) in [5, 5.41) is 12.2. The molecule has 0 spiro atoms. The Kier molecular flexibility index (Phi) is 5.97. The number of hydrogen-bond acceptors (Lipinski definition) is 3. The van der Waals surface area contributed by atoms with Gasteiger partial charge in [-0.05, 0) is 62.6 Å². The first kappa shape index (κ1) is 18.3. The number of rotatable bonds is 5. The van der Waals surface area contributed by atoms with Gasteiger partial charge in [-0.25, -0.2) is 0 Å². The van der Waals surface area contributed by atoms with Gasteiger partial charge in [-0.1, -0.05) is 23.8 Å². The van der Waals surface area contributed by atoms with Crippen molar-refractivity contribution in [2.45, 2.75) is 27.7 Å². The van der Waals surface area contributed by atoms with Crippen LogP contribution in [0.2, 0.25) is 0 Å². The molecule has 4 nitrogen and oxygen atoms in total. The molecule has 0 saturated carbocycles. The van der Waals surface area contributed by atoms with E-state index in [2.05, 4.69) is 5.32 Å². The maximum absolute atomic E-state index is 12.5. The minimum absolute atomic E-state index is 0.0665. The van der Waals surface area contributed by atoms with Crippen LogP contribution in [0.3, 0.4) is 0 Å². The number of nitrogens with zero attached hydrogens (tertiary/aromatic N) is 1. The number of nitriles is 1. The number of carbonyl (C=O) groups excluding carboxylic acids is 1. The smallest absolute Gasteiger partial charge is 0.266 e. The molecular weight excluding hydrogens is 312 g/mol. The molecule has 25 heavy (non-hydrogen) atoms. The van der Waals surface area contributed by atoms with Crippen LogP contribution in [0.4, 0.5) is 5.69 Å². The van der Waals surface area contributed by atoms with E-state index in [0.29, 0.717) is 18.0 Å². The SMILES string of the molecule is CCOc1cccc(NC(=O)/C(C#N)=C\c2c(C)cc(C)cc2C)c1. The molecule has 0 aliphatic carbocycles. The van der Waals surface area contributed by atoms with Gasteiger partial charge in [0.1, 0.15) is 17.4 Å². The van der Waals surface area contributed by atoms with E-state index in [4.69, 9.17) is 4.74 Å². The van der Waals surface area contributed by atoms with E-state index in [9.17, 15) is 10.1 Å². The Morgan fingerprint density at radius 2 is 1.88 bits per heavy atom. The highest BCUT2D eigenvalue weighted by Crippen LogP contribution is 2.21. The molecule has 0 aliphatic heterocycles. The van der Waals surface area contributed by atoms with E-state index in [1.165, 1.54) is 0 Å². The summed E-state index contributed by atoms with van der Waals surface area (Å²) in [7, 11) is 0. The molecule has 2 aromatic rings. The highest BCUT2D eigenvalue weighted by Gasteiger charge is 2.12. The minimum Gasteiger partial charge on any atom is -0.494 e. The number of carbonyl (C=O) groups is 1. The number of ether oxygens (including phenoxy) is 1. The van der Waals surface area contributed by atoms with Gasteiger partial charge in [0.05, 0.1) is 6.61 Å². The molecule has 0 atom stereocenters. The Morgan fingerprint density at radius 3 is 2.48 bits per heavy atom. The van der Waals surface area contributed by atoms with Crippen LogP contribution < -0.4 is 10.1 Å². The quantitative estimate of drug-likeness (QED) is 0.644. The third-order valence-corrected chi connectivity index (χ3v) is 3.79. The zero-order valence-corrected chi connectivity index (χ0v) is 15.0. The van der Waals surface area contributed by atoms with E-state index >= 15 is 0 Å². The Labute approximate surface area is 148 Å². The van der Waals surface area contributed by atoms with Crippen molar-refractivity contribution in [2.24, 2.45) is 0 Å². The van der Waals surface area contributed by atoms with Crippen molar-refractivity contribution in [3.8, 4) is 11.8 Å². The number of anilines is 1. The standard InChI is InChI=1S/C21H22N2O2/c1-5-25-19-8-6-7-18(12-19)23-21(24)17(13-22)11-20-15(3)9-14(2)10-16(20)4/h6-12H,5H2,1-4H3,(H,23,24)/b17-11-. The first-order valence-corrected chi connectivity index (χ1v) is 8.18. The van der Waals surface area contributed by atoms with Gasteiger partial charge in [0.15, 0.2) is 0 Å². The lowest BCUT2D eigenvalue weighted by molar-refractivity contribution is -0.112. The Hall–Kier alpha value is -3.06. The van der Waals surface area contributed by atoms with Crippen molar-refractivity contribution in [3.63, 3.8) is 0 Å². The summed E-state index contributed by atoms with van der Waals surface area (Å²) in [6.07, 6.45) is 1.64. The molecule has 1 N–H and O–H groups in total. The maximum atomic E-state index is 12.5. The molecule has 128 valence electrons. The summed E-state index contributed by atoms with van der Waals surface area (Å²) in [6.45, 7) is 8.42. The van der Waals surface area contributed by atoms with Crippen LogP contribution in [0.5, 0.6) is 5.75 Å². The van der Waals surface area contributed by atoms with Crippen molar-refractivity contribution in [3.05, 3.63) is 64.2 Å². The number of aryl methyl sites for hydroxylation is 3. The van der Waals surface area contributed by atoms with Crippen LogP contribution >= 0.6 is 0 Å². The molecule has 0 unspecified atom stereocenters. The van der Waals surface area contributed by atoms with Gasteiger partial charge in [-0.3, -0.25) is 4.79 Å². The summed E-state index contributed by atoms with van der Waals surface area (Å²) in [5.41, 5.74) is 4.79. The number of benzene rings is 2. The first-order valence-electron chi connectivity index (χ1n) is 8.18. The van der Waals surface area contributed by atoms with Gasteiger partial charge in [0.25, 0.3) is 5.91 Å². The van der Waals surface area contributed by atoms with Crippen LogP contribution in [-0.4, -0.2) is 12.5 Å². The highest BCUT2D eigenvalue weighted by molar-refractivity contribution is 6.09. The second kappa shape index (κ2) is 8.16. The molecule has 0 aromatic heterocycles. The van der Waals surface area contributed by atoms with Crippen molar-refractivity contribution < 1.29 is 9.53 Å². The van der Waals surface area contributed by atoms with Crippen LogP contribution in [-0.2, 0) is 4.79 Å². The third kappa shape index (κ3) is 4.71.